The Bertz CT molecular complexity index is 748. The first-order valence-electron chi connectivity index (χ1n) is 6.49. The normalized spacial score (nSPS) is 10.7. The molecule has 3 aromatic rings. The molecular formula is C17H15ClN2. The zero-order valence-corrected chi connectivity index (χ0v) is 11.7. The predicted octanol–water partition coefficient (Wildman–Crippen LogP) is 4.69. The second-order valence-electron chi connectivity index (χ2n) is 4.72. The van der Waals surface area contributed by atoms with E-state index in [-0.39, 0.29) is 0 Å². The van der Waals surface area contributed by atoms with Crippen molar-refractivity contribution in [3.8, 4) is 0 Å². The average molecular weight is 283 g/mol. The molecule has 3 heteroatoms. The number of nitrogens with one attached hydrogen (secondary N) is 1. The molecule has 100 valence electrons. The molecule has 0 aromatic heterocycles. The van der Waals surface area contributed by atoms with E-state index in [1.165, 1.54) is 16.3 Å². The van der Waals surface area contributed by atoms with Crippen molar-refractivity contribution in [2.24, 2.45) is 0 Å². The number of nitrogen functional groups attached to an aromatic ring is 1. The second-order valence-corrected chi connectivity index (χ2v) is 5.16. The van der Waals surface area contributed by atoms with Crippen LogP contribution in [-0.2, 0) is 6.54 Å². The second kappa shape index (κ2) is 5.43. The summed E-state index contributed by atoms with van der Waals surface area (Å²) in [4.78, 5) is 0. The number of hydrogen-bond donors (Lipinski definition) is 2. The highest BCUT2D eigenvalue weighted by molar-refractivity contribution is 6.31. The largest absolute Gasteiger partial charge is 0.397 e. The topological polar surface area (TPSA) is 38.0 Å². The van der Waals surface area contributed by atoms with Gasteiger partial charge >= 0.3 is 0 Å². The van der Waals surface area contributed by atoms with Crippen molar-refractivity contribution in [2.45, 2.75) is 6.54 Å². The minimum atomic E-state index is 0.680. The third kappa shape index (κ3) is 2.56. The Kier molecular flexibility index (Phi) is 3.48. The molecule has 3 rings (SSSR count). The summed E-state index contributed by atoms with van der Waals surface area (Å²) in [6.45, 7) is 0.714. The van der Waals surface area contributed by atoms with Crippen LogP contribution in [0.25, 0.3) is 10.8 Å². The summed E-state index contributed by atoms with van der Waals surface area (Å²) in [5, 5.41) is 6.53. The van der Waals surface area contributed by atoms with Crippen LogP contribution in [0.5, 0.6) is 0 Å². The molecule has 0 radical (unpaired) electrons. The van der Waals surface area contributed by atoms with Gasteiger partial charge in [0, 0.05) is 11.6 Å². The fourth-order valence-corrected chi connectivity index (χ4v) is 2.49. The van der Waals surface area contributed by atoms with Crippen LogP contribution in [0.15, 0.2) is 60.7 Å². The Morgan fingerprint density at radius 2 is 1.75 bits per heavy atom. The van der Waals surface area contributed by atoms with E-state index >= 15 is 0 Å². The van der Waals surface area contributed by atoms with Crippen LogP contribution in [0.1, 0.15) is 5.56 Å². The number of fused-ring (bicyclic) bond motifs is 1. The van der Waals surface area contributed by atoms with Crippen molar-refractivity contribution in [3.63, 3.8) is 0 Å². The maximum atomic E-state index is 6.00. The Labute approximate surface area is 123 Å². The highest BCUT2D eigenvalue weighted by Crippen LogP contribution is 2.25. The van der Waals surface area contributed by atoms with Crippen molar-refractivity contribution in [1.29, 1.82) is 0 Å². The van der Waals surface area contributed by atoms with E-state index in [9.17, 15) is 0 Å². The van der Waals surface area contributed by atoms with Crippen LogP contribution >= 0.6 is 11.6 Å². The lowest BCUT2D eigenvalue weighted by Crippen LogP contribution is -2.02. The molecule has 0 aliphatic rings. The van der Waals surface area contributed by atoms with Crippen LogP contribution in [0, 0.1) is 0 Å². The van der Waals surface area contributed by atoms with Gasteiger partial charge in [0.05, 0.1) is 11.4 Å². The van der Waals surface area contributed by atoms with Gasteiger partial charge in [0.25, 0.3) is 0 Å². The standard InChI is InChI=1S/C17H15ClN2/c18-14-8-9-16(19)17(10-14)20-11-13-6-3-5-12-4-1-2-7-15(12)13/h1-10,20H,11,19H2. The lowest BCUT2D eigenvalue weighted by atomic mass is 10.0. The lowest BCUT2D eigenvalue weighted by Gasteiger charge is -2.11. The fraction of sp³-hybridized carbons (Fsp3) is 0.0588. The first-order valence-corrected chi connectivity index (χ1v) is 6.87. The molecule has 0 aliphatic carbocycles. The molecule has 0 spiro atoms. The number of hydrogen-bond acceptors (Lipinski definition) is 2. The molecular weight excluding hydrogens is 268 g/mol. The molecule has 0 fully saturated rings. The Morgan fingerprint density at radius 1 is 0.950 bits per heavy atom. The number of rotatable bonds is 3. The van der Waals surface area contributed by atoms with Gasteiger partial charge in [-0.3, -0.25) is 0 Å². The molecule has 3 aromatic carbocycles. The van der Waals surface area contributed by atoms with Gasteiger partial charge in [-0.05, 0) is 34.5 Å². The number of anilines is 2. The first-order chi connectivity index (χ1) is 9.74. The van der Waals surface area contributed by atoms with Crippen molar-refractivity contribution in [2.75, 3.05) is 11.1 Å². The Balaban J connectivity index is 1.89. The predicted molar refractivity (Wildman–Crippen MR) is 87.1 cm³/mol. The summed E-state index contributed by atoms with van der Waals surface area (Å²) in [7, 11) is 0. The minimum Gasteiger partial charge on any atom is -0.397 e. The number of halogens is 1. The number of benzene rings is 3. The first kappa shape index (κ1) is 12.8. The van der Waals surface area contributed by atoms with Gasteiger partial charge in [0.2, 0.25) is 0 Å². The van der Waals surface area contributed by atoms with Crippen molar-refractivity contribution in [1.82, 2.24) is 0 Å². The zero-order chi connectivity index (χ0) is 13.9. The van der Waals surface area contributed by atoms with Crippen molar-refractivity contribution >= 4 is 33.7 Å². The van der Waals surface area contributed by atoms with Gasteiger partial charge in [-0.15, -0.1) is 0 Å². The molecule has 0 atom stereocenters. The smallest absolute Gasteiger partial charge is 0.0591 e. The quantitative estimate of drug-likeness (QED) is 0.684. The fourth-order valence-electron chi connectivity index (χ4n) is 2.32. The van der Waals surface area contributed by atoms with Gasteiger partial charge in [-0.1, -0.05) is 54.1 Å². The SMILES string of the molecule is Nc1ccc(Cl)cc1NCc1cccc2ccccc12. The van der Waals surface area contributed by atoms with Crippen LogP contribution in [-0.4, -0.2) is 0 Å². The maximum absolute atomic E-state index is 6.00. The average Bonchev–Trinajstić information content (AvgIpc) is 2.48. The molecule has 0 saturated heterocycles. The van der Waals surface area contributed by atoms with Crippen LogP contribution < -0.4 is 11.1 Å². The van der Waals surface area contributed by atoms with E-state index in [4.69, 9.17) is 17.3 Å². The third-order valence-electron chi connectivity index (χ3n) is 3.36. The Morgan fingerprint density at radius 3 is 2.65 bits per heavy atom. The Hall–Kier alpha value is -2.19. The molecule has 0 heterocycles. The van der Waals surface area contributed by atoms with Crippen molar-refractivity contribution < 1.29 is 0 Å². The van der Waals surface area contributed by atoms with Gasteiger partial charge in [0.1, 0.15) is 0 Å². The molecule has 0 bridgehead atoms. The van der Waals surface area contributed by atoms with Crippen LogP contribution in [0.4, 0.5) is 11.4 Å². The van der Waals surface area contributed by atoms with Gasteiger partial charge in [-0.2, -0.15) is 0 Å². The lowest BCUT2D eigenvalue weighted by molar-refractivity contribution is 1.17. The molecule has 0 saturated carbocycles. The summed E-state index contributed by atoms with van der Waals surface area (Å²) < 4.78 is 0. The van der Waals surface area contributed by atoms with Crippen LogP contribution in [0.2, 0.25) is 5.02 Å². The van der Waals surface area contributed by atoms with E-state index in [0.717, 1.165) is 5.69 Å². The molecule has 20 heavy (non-hydrogen) atoms. The molecule has 3 N–H and O–H groups in total. The van der Waals surface area contributed by atoms with Gasteiger partial charge in [0.15, 0.2) is 0 Å². The van der Waals surface area contributed by atoms with E-state index in [2.05, 4.69) is 47.8 Å². The third-order valence-corrected chi connectivity index (χ3v) is 3.60. The summed E-state index contributed by atoms with van der Waals surface area (Å²) in [5.74, 6) is 0. The van der Waals surface area contributed by atoms with Gasteiger partial charge in [-0.25, -0.2) is 0 Å². The highest BCUT2D eigenvalue weighted by atomic mass is 35.5. The van der Waals surface area contributed by atoms with E-state index in [1.54, 1.807) is 6.07 Å². The molecule has 0 aliphatic heterocycles. The monoisotopic (exact) mass is 282 g/mol. The zero-order valence-electron chi connectivity index (χ0n) is 10.9. The minimum absolute atomic E-state index is 0.680. The van der Waals surface area contributed by atoms with E-state index in [1.807, 2.05) is 12.1 Å². The summed E-state index contributed by atoms with van der Waals surface area (Å²) in [5.41, 5.74) is 8.75. The number of nitrogens with two attached hydrogens (primary N) is 1. The molecule has 0 amide bonds. The summed E-state index contributed by atoms with van der Waals surface area (Å²) >= 11 is 6.00. The van der Waals surface area contributed by atoms with Crippen molar-refractivity contribution in [3.05, 3.63) is 71.2 Å². The van der Waals surface area contributed by atoms with E-state index in [0.29, 0.717) is 17.3 Å². The summed E-state index contributed by atoms with van der Waals surface area (Å²) in [6, 6.07) is 20.1. The van der Waals surface area contributed by atoms with Gasteiger partial charge < -0.3 is 11.1 Å². The van der Waals surface area contributed by atoms with Crippen LogP contribution in [0.3, 0.4) is 0 Å². The molecule has 2 nitrogen and oxygen atoms in total. The van der Waals surface area contributed by atoms with E-state index < -0.39 is 0 Å². The highest BCUT2D eigenvalue weighted by Gasteiger charge is 2.03. The molecule has 0 unspecified atom stereocenters. The summed E-state index contributed by atoms with van der Waals surface area (Å²) in [6.07, 6.45) is 0. The maximum Gasteiger partial charge on any atom is 0.0591 e.